The van der Waals surface area contributed by atoms with E-state index in [1.165, 1.54) is 6.07 Å². The molecule has 2 heterocycles. The molecule has 0 unspecified atom stereocenters. The predicted molar refractivity (Wildman–Crippen MR) is 88.5 cm³/mol. The smallest absolute Gasteiger partial charge is 0.123 e. The van der Waals surface area contributed by atoms with Gasteiger partial charge in [-0.25, -0.2) is 4.39 Å². The van der Waals surface area contributed by atoms with Gasteiger partial charge in [-0.05, 0) is 61.7 Å². The molecule has 3 aromatic rings. The molecule has 3 rings (SSSR count). The van der Waals surface area contributed by atoms with Crippen LogP contribution in [0.1, 0.15) is 18.4 Å². The number of hydrogen-bond donors (Lipinski definition) is 2. The first-order valence-corrected chi connectivity index (χ1v) is 7.69. The number of halogens is 2. The first-order valence-electron chi connectivity index (χ1n) is 7.31. The van der Waals surface area contributed by atoms with E-state index in [9.17, 15) is 4.39 Å². The van der Waals surface area contributed by atoms with Crippen molar-refractivity contribution in [2.24, 2.45) is 5.73 Å². The predicted octanol–water partition coefficient (Wildman–Crippen LogP) is 4.30. The van der Waals surface area contributed by atoms with Crippen molar-refractivity contribution in [3.63, 3.8) is 0 Å². The van der Waals surface area contributed by atoms with Crippen LogP contribution in [-0.4, -0.2) is 16.5 Å². The van der Waals surface area contributed by atoms with Crippen molar-refractivity contribution in [1.82, 2.24) is 9.97 Å². The topological polar surface area (TPSA) is 54.7 Å². The van der Waals surface area contributed by atoms with E-state index in [2.05, 4.69) is 9.97 Å². The minimum absolute atomic E-state index is 0.245. The van der Waals surface area contributed by atoms with E-state index in [4.69, 9.17) is 17.3 Å². The molecule has 0 saturated carbocycles. The number of fused-ring (bicyclic) bond motifs is 1. The number of aromatic nitrogens is 2. The summed E-state index contributed by atoms with van der Waals surface area (Å²) in [5.74, 6) is -0.245. The van der Waals surface area contributed by atoms with Gasteiger partial charge in [-0.2, -0.15) is 0 Å². The summed E-state index contributed by atoms with van der Waals surface area (Å²) in [6.45, 7) is 0.649. The molecule has 3 N–H and O–H groups in total. The molecule has 3 nitrogen and oxygen atoms in total. The van der Waals surface area contributed by atoms with Gasteiger partial charge in [0.2, 0.25) is 0 Å². The normalized spacial score (nSPS) is 11.2. The van der Waals surface area contributed by atoms with Crippen LogP contribution in [0, 0.1) is 5.82 Å². The van der Waals surface area contributed by atoms with E-state index in [0.29, 0.717) is 17.3 Å². The van der Waals surface area contributed by atoms with Crippen molar-refractivity contribution in [3.05, 3.63) is 52.9 Å². The molecule has 0 radical (unpaired) electrons. The van der Waals surface area contributed by atoms with Crippen molar-refractivity contribution in [2.45, 2.75) is 19.3 Å². The van der Waals surface area contributed by atoms with Gasteiger partial charge in [-0.3, -0.25) is 4.98 Å². The van der Waals surface area contributed by atoms with Gasteiger partial charge in [-0.1, -0.05) is 11.6 Å². The van der Waals surface area contributed by atoms with Crippen molar-refractivity contribution in [1.29, 1.82) is 0 Å². The molecule has 0 aliphatic carbocycles. The van der Waals surface area contributed by atoms with Crippen LogP contribution in [0.3, 0.4) is 0 Å². The van der Waals surface area contributed by atoms with Crippen LogP contribution >= 0.6 is 11.6 Å². The van der Waals surface area contributed by atoms with Gasteiger partial charge in [0.15, 0.2) is 0 Å². The number of unbranched alkanes of at least 4 members (excludes halogenated alkanes) is 1. The molecule has 0 aliphatic rings. The van der Waals surface area contributed by atoms with Gasteiger partial charge in [0, 0.05) is 17.1 Å². The van der Waals surface area contributed by atoms with E-state index >= 15 is 0 Å². The molecule has 114 valence electrons. The van der Waals surface area contributed by atoms with Crippen LogP contribution in [-0.2, 0) is 6.42 Å². The molecular weight excluding hydrogens is 301 g/mol. The van der Waals surface area contributed by atoms with Crippen LogP contribution in [0.2, 0.25) is 5.02 Å². The van der Waals surface area contributed by atoms with Crippen LogP contribution in [0.25, 0.3) is 22.3 Å². The van der Waals surface area contributed by atoms with E-state index in [1.807, 2.05) is 0 Å². The maximum atomic E-state index is 13.6. The SMILES string of the molecule is NCCCCc1c(-c2ncccc2Cl)[nH]c2ccc(F)cc12. The molecule has 0 spiro atoms. The minimum atomic E-state index is -0.245. The molecule has 0 atom stereocenters. The lowest BCUT2D eigenvalue weighted by Crippen LogP contribution is -1.99. The summed E-state index contributed by atoms with van der Waals surface area (Å²) in [5.41, 5.74) is 9.07. The van der Waals surface area contributed by atoms with Gasteiger partial charge >= 0.3 is 0 Å². The lowest BCUT2D eigenvalue weighted by molar-refractivity contribution is 0.629. The Labute approximate surface area is 133 Å². The molecular formula is C17H17ClFN3. The second-order valence-electron chi connectivity index (χ2n) is 5.25. The van der Waals surface area contributed by atoms with Crippen LogP contribution < -0.4 is 5.73 Å². The highest BCUT2D eigenvalue weighted by atomic mass is 35.5. The van der Waals surface area contributed by atoms with Crippen LogP contribution in [0.5, 0.6) is 0 Å². The fourth-order valence-electron chi connectivity index (χ4n) is 2.70. The average molecular weight is 318 g/mol. The summed E-state index contributed by atoms with van der Waals surface area (Å²) in [7, 11) is 0. The number of pyridine rings is 1. The highest BCUT2D eigenvalue weighted by molar-refractivity contribution is 6.33. The van der Waals surface area contributed by atoms with Crippen molar-refractivity contribution in [3.8, 4) is 11.4 Å². The lowest BCUT2D eigenvalue weighted by Gasteiger charge is -2.06. The van der Waals surface area contributed by atoms with Crippen molar-refractivity contribution in [2.75, 3.05) is 6.54 Å². The Morgan fingerprint density at radius 2 is 2.09 bits per heavy atom. The van der Waals surface area contributed by atoms with Gasteiger partial charge < -0.3 is 10.7 Å². The fourth-order valence-corrected chi connectivity index (χ4v) is 2.91. The zero-order valence-corrected chi connectivity index (χ0v) is 12.8. The van der Waals surface area contributed by atoms with Gasteiger partial charge in [0.05, 0.1) is 10.7 Å². The van der Waals surface area contributed by atoms with Crippen LogP contribution in [0.15, 0.2) is 36.5 Å². The number of rotatable bonds is 5. The number of aryl methyl sites for hydroxylation is 1. The monoisotopic (exact) mass is 317 g/mol. The first kappa shape index (κ1) is 15.0. The van der Waals surface area contributed by atoms with E-state index in [-0.39, 0.29) is 5.82 Å². The zero-order valence-electron chi connectivity index (χ0n) is 12.1. The standard InChI is InChI=1S/C17H17ClFN3/c18-14-5-3-9-21-17(14)16-12(4-1-2-8-20)13-10-11(19)6-7-15(13)22-16/h3,5-7,9-10,22H,1-2,4,8,20H2. The number of hydrogen-bond acceptors (Lipinski definition) is 2. The molecule has 0 amide bonds. The summed E-state index contributed by atoms with van der Waals surface area (Å²) < 4.78 is 13.6. The summed E-state index contributed by atoms with van der Waals surface area (Å²) >= 11 is 6.27. The zero-order chi connectivity index (χ0) is 15.5. The highest BCUT2D eigenvalue weighted by Crippen LogP contribution is 2.34. The lowest BCUT2D eigenvalue weighted by atomic mass is 10.0. The first-order chi connectivity index (χ1) is 10.7. The quantitative estimate of drug-likeness (QED) is 0.689. The summed E-state index contributed by atoms with van der Waals surface area (Å²) in [5, 5.41) is 1.46. The molecule has 5 heteroatoms. The van der Waals surface area contributed by atoms with Crippen molar-refractivity contribution < 1.29 is 4.39 Å². The van der Waals surface area contributed by atoms with Gasteiger partial charge in [0.25, 0.3) is 0 Å². The van der Waals surface area contributed by atoms with Gasteiger partial charge in [0.1, 0.15) is 11.5 Å². The molecule has 0 saturated heterocycles. The summed E-state index contributed by atoms with van der Waals surface area (Å²) in [6, 6.07) is 8.36. The van der Waals surface area contributed by atoms with E-state index < -0.39 is 0 Å². The molecule has 22 heavy (non-hydrogen) atoms. The largest absolute Gasteiger partial charge is 0.353 e. The van der Waals surface area contributed by atoms with Gasteiger partial charge in [-0.15, -0.1) is 0 Å². The molecule has 0 fully saturated rings. The second-order valence-corrected chi connectivity index (χ2v) is 5.66. The number of H-pyrrole nitrogens is 1. The molecule has 0 bridgehead atoms. The number of nitrogens with zero attached hydrogens (tertiary/aromatic N) is 1. The number of nitrogens with one attached hydrogen (secondary N) is 1. The Balaban J connectivity index is 2.15. The molecule has 2 aromatic heterocycles. The Hall–Kier alpha value is -1.91. The second kappa shape index (κ2) is 6.46. The Kier molecular flexibility index (Phi) is 4.41. The van der Waals surface area contributed by atoms with Crippen molar-refractivity contribution >= 4 is 22.5 Å². The minimum Gasteiger partial charge on any atom is -0.353 e. The van der Waals surface area contributed by atoms with E-state index in [0.717, 1.165) is 41.4 Å². The maximum absolute atomic E-state index is 13.6. The Morgan fingerprint density at radius 1 is 1.23 bits per heavy atom. The summed E-state index contributed by atoms with van der Waals surface area (Å²) in [4.78, 5) is 7.70. The Morgan fingerprint density at radius 3 is 2.86 bits per heavy atom. The average Bonchev–Trinajstić information content (AvgIpc) is 2.86. The Bertz CT molecular complexity index is 798. The third kappa shape index (κ3) is 2.85. The van der Waals surface area contributed by atoms with Crippen LogP contribution in [0.4, 0.5) is 4.39 Å². The third-order valence-electron chi connectivity index (χ3n) is 3.74. The number of nitrogens with two attached hydrogens (primary N) is 1. The fraction of sp³-hybridized carbons (Fsp3) is 0.235. The van der Waals surface area contributed by atoms with E-state index in [1.54, 1.807) is 30.5 Å². The number of aromatic amines is 1. The molecule has 1 aromatic carbocycles. The highest BCUT2D eigenvalue weighted by Gasteiger charge is 2.16. The number of benzene rings is 1. The maximum Gasteiger partial charge on any atom is 0.123 e. The third-order valence-corrected chi connectivity index (χ3v) is 4.05. The molecule has 0 aliphatic heterocycles. The summed E-state index contributed by atoms with van der Waals surface area (Å²) in [6.07, 6.45) is 4.38.